The molecule has 2 unspecified atom stereocenters. The van der Waals surface area contributed by atoms with E-state index in [4.69, 9.17) is 5.11 Å². The number of carbonyl (C=O) groups is 1. The fourth-order valence-electron chi connectivity index (χ4n) is 4.19. The number of nitrogens with zero attached hydrogens (tertiary/aromatic N) is 1. The highest BCUT2D eigenvalue weighted by Crippen LogP contribution is 2.39. The molecule has 0 heterocycles. The molecule has 21 heavy (non-hydrogen) atoms. The number of carboxylic acids is 1. The molecular weight excluding hydrogens is 264 g/mol. The molecule has 0 saturated heterocycles. The van der Waals surface area contributed by atoms with Gasteiger partial charge in [-0.1, -0.05) is 27.7 Å². The second kappa shape index (κ2) is 6.66. The molecule has 2 aliphatic rings. The number of hydrogen-bond acceptors (Lipinski definition) is 3. The molecule has 0 aromatic heterocycles. The van der Waals surface area contributed by atoms with Crippen molar-refractivity contribution in [1.29, 1.82) is 0 Å². The Hall–Kier alpha value is -0.610. The highest BCUT2D eigenvalue weighted by Gasteiger charge is 2.38. The number of rotatable bonds is 6. The minimum atomic E-state index is -0.712. The number of nitrogens with one attached hydrogen (secondary N) is 1. The zero-order valence-corrected chi connectivity index (χ0v) is 14.1. The summed E-state index contributed by atoms with van der Waals surface area (Å²) in [5, 5.41) is 12.8. The fourth-order valence-corrected chi connectivity index (χ4v) is 4.19. The smallest absolute Gasteiger partial charge is 0.317 e. The van der Waals surface area contributed by atoms with Crippen molar-refractivity contribution in [2.45, 2.75) is 77.9 Å². The van der Waals surface area contributed by atoms with Crippen molar-refractivity contribution in [3.05, 3.63) is 0 Å². The monoisotopic (exact) mass is 296 g/mol. The van der Waals surface area contributed by atoms with Gasteiger partial charge in [-0.15, -0.1) is 0 Å². The Kier molecular flexibility index (Phi) is 5.31. The van der Waals surface area contributed by atoms with Gasteiger partial charge >= 0.3 is 5.97 Å². The Balaban J connectivity index is 1.74. The third-order valence-electron chi connectivity index (χ3n) is 5.52. The highest BCUT2D eigenvalue weighted by atomic mass is 16.4. The molecule has 4 heteroatoms. The largest absolute Gasteiger partial charge is 0.480 e. The van der Waals surface area contributed by atoms with Crippen LogP contribution >= 0.6 is 0 Å². The average molecular weight is 296 g/mol. The average Bonchev–Trinajstić information content (AvgIpc) is 2.32. The van der Waals surface area contributed by atoms with E-state index in [9.17, 15) is 4.79 Å². The van der Waals surface area contributed by atoms with E-state index >= 15 is 0 Å². The molecule has 2 aliphatic carbocycles. The van der Waals surface area contributed by atoms with E-state index in [0.717, 1.165) is 25.3 Å². The molecule has 0 amide bonds. The molecule has 0 bridgehead atoms. The predicted octanol–water partition coefficient (Wildman–Crippen LogP) is 2.73. The molecule has 0 radical (unpaired) electrons. The van der Waals surface area contributed by atoms with Gasteiger partial charge in [-0.2, -0.15) is 0 Å². The Morgan fingerprint density at radius 1 is 1.38 bits per heavy atom. The van der Waals surface area contributed by atoms with Crippen molar-refractivity contribution in [2.75, 3.05) is 13.1 Å². The lowest BCUT2D eigenvalue weighted by atomic mass is 9.70. The van der Waals surface area contributed by atoms with Crippen LogP contribution in [0.1, 0.15) is 59.8 Å². The molecule has 4 nitrogen and oxygen atoms in total. The van der Waals surface area contributed by atoms with Crippen LogP contribution in [-0.2, 0) is 4.79 Å². The first-order valence-corrected chi connectivity index (χ1v) is 8.52. The molecular formula is C17H32N2O2. The molecule has 122 valence electrons. The maximum Gasteiger partial charge on any atom is 0.317 e. The zero-order valence-electron chi connectivity index (χ0n) is 14.1. The number of hydrogen-bond donors (Lipinski definition) is 2. The summed E-state index contributed by atoms with van der Waals surface area (Å²) in [6, 6.07) is 1.70. The SMILES string of the molecule is CCN(CC(=O)O)C1CC(NC2CCC(C)(C)CC2C)C1. The number of aliphatic carboxylic acids is 1. The summed E-state index contributed by atoms with van der Waals surface area (Å²) in [5.74, 6) is 0.0329. The minimum Gasteiger partial charge on any atom is -0.480 e. The Morgan fingerprint density at radius 2 is 2.05 bits per heavy atom. The van der Waals surface area contributed by atoms with E-state index in [-0.39, 0.29) is 6.54 Å². The summed E-state index contributed by atoms with van der Waals surface area (Å²) in [4.78, 5) is 12.9. The lowest BCUT2D eigenvalue weighted by Crippen LogP contribution is -2.57. The van der Waals surface area contributed by atoms with Gasteiger partial charge in [-0.25, -0.2) is 0 Å². The van der Waals surface area contributed by atoms with Crippen molar-refractivity contribution < 1.29 is 9.90 Å². The summed E-state index contributed by atoms with van der Waals surface area (Å²) < 4.78 is 0. The molecule has 0 aromatic rings. The van der Waals surface area contributed by atoms with Crippen molar-refractivity contribution >= 4 is 5.97 Å². The first-order chi connectivity index (χ1) is 9.80. The van der Waals surface area contributed by atoms with Gasteiger partial charge in [-0.05, 0) is 50.0 Å². The molecule has 0 aromatic carbocycles. The van der Waals surface area contributed by atoms with Gasteiger partial charge in [0.2, 0.25) is 0 Å². The van der Waals surface area contributed by atoms with E-state index < -0.39 is 5.97 Å². The highest BCUT2D eigenvalue weighted by molar-refractivity contribution is 5.69. The van der Waals surface area contributed by atoms with Crippen LogP contribution in [0.5, 0.6) is 0 Å². The molecule has 2 rings (SSSR count). The second-order valence-electron chi connectivity index (χ2n) is 7.94. The normalized spacial score (nSPS) is 35.5. The molecule has 2 N–H and O–H groups in total. The number of carboxylic acid groups (broad SMARTS) is 1. The maximum atomic E-state index is 10.9. The first-order valence-electron chi connectivity index (χ1n) is 8.52. The Morgan fingerprint density at radius 3 is 2.57 bits per heavy atom. The van der Waals surface area contributed by atoms with Crippen LogP contribution in [0.4, 0.5) is 0 Å². The van der Waals surface area contributed by atoms with Crippen LogP contribution in [-0.4, -0.2) is 47.2 Å². The lowest BCUT2D eigenvalue weighted by Gasteiger charge is -2.47. The van der Waals surface area contributed by atoms with Gasteiger partial charge in [-0.3, -0.25) is 9.69 Å². The van der Waals surface area contributed by atoms with Gasteiger partial charge in [0.05, 0.1) is 6.54 Å². The topological polar surface area (TPSA) is 52.6 Å². The van der Waals surface area contributed by atoms with E-state index in [2.05, 4.69) is 37.9 Å². The quantitative estimate of drug-likeness (QED) is 0.791. The van der Waals surface area contributed by atoms with Crippen molar-refractivity contribution in [3.8, 4) is 0 Å². The van der Waals surface area contributed by atoms with Gasteiger partial charge in [0.1, 0.15) is 0 Å². The number of likely N-dealkylation sites (N-methyl/N-ethyl adjacent to an activating group) is 1. The van der Waals surface area contributed by atoms with E-state index in [0.29, 0.717) is 23.5 Å². The van der Waals surface area contributed by atoms with Gasteiger partial charge in [0, 0.05) is 18.1 Å². The van der Waals surface area contributed by atoms with Gasteiger partial charge in [0.15, 0.2) is 0 Å². The molecule has 2 saturated carbocycles. The van der Waals surface area contributed by atoms with Crippen LogP contribution in [0.2, 0.25) is 0 Å². The third kappa shape index (κ3) is 4.43. The Labute approximate surface area is 129 Å². The molecule has 0 aliphatic heterocycles. The van der Waals surface area contributed by atoms with Crippen molar-refractivity contribution in [3.63, 3.8) is 0 Å². The molecule has 2 fully saturated rings. The second-order valence-corrected chi connectivity index (χ2v) is 7.94. The van der Waals surface area contributed by atoms with Crippen LogP contribution in [0.3, 0.4) is 0 Å². The maximum absolute atomic E-state index is 10.9. The summed E-state index contributed by atoms with van der Waals surface area (Å²) in [7, 11) is 0. The summed E-state index contributed by atoms with van der Waals surface area (Å²) in [5.41, 5.74) is 0.500. The fraction of sp³-hybridized carbons (Fsp3) is 0.941. The van der Waals surface area contributed by atoms with Crippen LogP contribution in [0.15, 0.2) is 0 Å². The summed E-state index contributed by atoms with van der Waals surface area (Å²) >= 11 is 0. The zero-order chi connectivity index (χ0) is 15.6. The molecule has 0 spiro atoms. The van der Waals surface area contributed by atoms with E-state index in [1.54, 1.807) is 0 Å². The standard InChI is InChI=1S/C17H32N2O2/c1-5-19(11-16(20)21)14-8-13(9-14)18-15-6-7-17(3,4)10-12(15)2/h12-15,18H,5-11H2,1-4H3,(H,20,21). The van der Waals surface area contributed by atoms with Gasteiger partial charge < -0.3 is 10.4 Å². The Bertz CT molecular complexity index is 364. The lowest BCUT2D eigenvalue weighted by molar-refractivity contribution is -0.139. The van der Waals surface area contributed by atoms with Crippen LogP contribution in [0.25, 0.3) is 0 Å². The minimum absolute atomic E-state index is 0.182. The van der Waals surface area contributed by atoms with Crippen molar-refractivity contribution in [1.82, 2.24) is 10.2 Å². The van der Waals surface area contributed by atoms with Crippen LogP contribution in [0, 0.1) is 11.3 Å². The predicted molar refractivity (Wildman–Crippen MR) is 85.4 cm³/mol. The van der Waals surface area contributed by atoms with E-state index in [1.807, 2.05) is 0 Å². The van der Waals surface area contributed by atoms with E-state index in [1.165, 1.54) is 19.3 Å². The third-order valence-corrected chi connectivity index (χ3v) is 5.52. The summed E-state index contributed by atoms with van der Waals surface area (Å²) in [6.45, 7) is 10.2. The van der Waals surface area contributed by atoms with Gasteiger partial charge in [0.25, 0.3) is 0 Å². The van der Waals surface area contributed by atoms with Crippen LogP contribution < -0.4 is 5.32 Å². The first kappa shape index (κ1) is 16.8. The molecule has 2 atom stereocenters. The summed E-state index contributed by atoms with van der Waals surface area (Å²) in [6.07, 6.45) is 6.11. The van der Waals surface area contributed by atoms with Crippen molar-refractivity contribution in [2.24, 2.45) is 11.3 Å².